The Labute approximate surface area is 109 Å². The molecule has 3 N–H and O–H groups in total. The van der Waals surface area contributed by atoms with E-state index >= 15 is 0 Å². The molecule has 1 aliphatic rings. The Kier molecular flexibility index (Phi) is 3.35. The van der Waals surface area contributed by atoms with Crippen LogP contribution in [0.1, 0.15) is 24.5 Å². The van der Waals surface area contributed by atoms with Crippen molar-refractivity contribution in [2.75, 3.05) is 0 Å². The Hall–Kier alpha value is -2.21. The first-order chi connectivity index (χ1) is 9.04. The third-order valence-electron chi connectivity index (χ3n) is 3.39. The van der Waals surface area contributed by atoms with Gasteiger partial charge in [0, 0.05) is 0 Å². The lowest BCUT2D eigenvalue weighted by Gasteiger charge is -2.33. The zero-order chi connectivity index (χ0) is 14.0. The number of benzene rings is 1. The van der Waals surface area contributed by atoms with Crippen molar-refractivity contribution in [2.45, 2.75) is 25.4 Å². The van der Waals surface area contributed by atoms with E-state index in [-0.39, 0.29) is 13.0 Å². The molecule has 19 heavy (non-hydrogen) atoms. The molecule has 6 nitrogen and oxygen atoms in total. The van der Waals surface area contributed by atoms with E-state index in [2.05, 4.69) is 10.6 Å². The number of barbiturate groups is 1. The van der Waals surface area contributed by atoms with Crippen molar-refractivity contribution in [3.05, 3.63) is 35.4 Å². The zero-order valence-corrected chi connectivity index (χ0v) is 10.4. The van der Waals surface area contributed by atoms with Crippen molar-refractivity contribution in [2.24, 2.45) is 0 Å². The van der Waals surface area contributed by atoms with Crippen molar-refractivity contribution >= 4 is 17.8 Å². The molecule has 0 atom stereocenters. The van der Waals surface area contributed by atoms with E-state index in [9.17, 15) is 14.4 Å². The van der Waals surface area contributed by atoms with Crippen molar-refractivity contribution in [1.82, 2.24) is 10.6 Å². The molecule has 100 valence electrons. The van der Waals surface area contributed by atoms with Gasteiger partial charge >= 0.3 is 6.03 Å². The Morgan fingerprint density at radius 3 is 2.00 bits per heavy atom. The van der Waals surface area contributed by atoms with Crippen molar-refractivity contribution in [3.63, 3.8) is 0 Å². The van der Waals surface area contributed by atoms with Crippen LogP contribution in [0.5, 0.6) is 0 Å². The Morgan fingerprint density at radius 1 is 1.05 bits per heavy atom. The van der Waals surface area contributed by atoms with Crippen LogP contribution in [0.25, 0.3) is 0 Å². The second-order valence-electron chi connectivity index (χ2n) is 4.35. The number of aliphatic hydroxyl groups is 1. The summed E-state index contributed by atoms with van der Waals surface area (Å²) in [4.78, 5) is 35.3. The van der Waals surface area contributed by atoms with Crippen LogP contribution in [0.15, 0.2) is 24.3 Å². The minimum Gasteiger partial charge on any atom is -0.392 e. The third-order valence-corrected chi connectivity index (χ3v) is 3.39. The number of hydrogen-bond donors (Lipinski definition) is 3. The second-order valence-corrected chi connectivity index (χ2v) is 4.35. The molecule has 1 aromatic rings. The average molecular weight is 262 g/mol. The maximum atomic E-state index is 12.1. The highest BCUT2D eigenvalue weighted by molar-refractivity contribution is 6.22. The number of urea groups is 1. The number of hydrogen-bond acceptors (Lipinski definition) is 4. The predicted molar refractivity (Wildman–Crippen MR) is 66.0 cm³/mol. The van der Waals surface area contributed by atoms with Gasteiger partial charge in [0.05, 0.1) is 6.61 Å². The van der Waals surface area contributed by atoms with Crippen LogP contribution < -0.4 is 10.6 Å². The molecule has 1 aromatic carbocycles. The zero-order valence-electron chi connectivity index (χ0n) is 10.4. The lowest BCUT2D eigenvalue weighted by Crippen LogP contribution is -2.64. The first-order valence-corrected chi connectivity index (χ1v) is 5.91. The molecular formula is C13H14N2O4. The normalized spacial score (nSPS) is 17.9. The summed E-state index contributed by atoms with van der Waals surface area (Å²) in [6, 6.07) is 5.72. The number of imide groups is 2. The molecule has 1 heterocycles. The highest BCUT2D eigenvalue weighted by Crippen LogP contribution is 2.30. The fourth-order valence-corrected chi connectivity index (χ4v) is 2.24. The Bertz CT molecular complexity index is 516. The summed E-state index contributed by atoms with van der Waals surface area (Å²) in [5.41, 5.74) is -0.223. The summed E-state index contributed by atoms with van der Waals surface area (Å²) in [6.07, 6.45) is 0.233. The van der Waals surface area contributed by atoms with Gasteiger partial charge in [0.1, 0.15) is 0 Å². The molecule has 2 rings (SSSR count). The molecule has 0 aromatic heterocycles. The summed E-state index contributed by atoms with van der Waals surface area (Å²) in [6.45, 7) is 1.59. The average Bonchev–Trinajstić information content (AvgIpc) is 2.39. The fourth-order valence-electron chi connectivity index (χ4n) is 2.24. The quantitative estimate of drug-likeness (QED) is 0.678. The molecule has 1 fully saturated rings. The van der Waals surface area contributed by atoms with Gasteiger partial charge in [0.25, 0.3) is 0 Å². The lowest BCUT2D eigenvalue weighted by atomic mass is 9.75. The van der Waals surface area contributed by atoms with E-state index in [0.717, 1.165) is 0 Å². The smallest absolute Gasteiger partial charge is 0.328 e. The number of carbonyl (C=O) groups excluding carboxylic acids is 3. The van der Waals surface area contributed by atoms with Crippen molar-refractivity contribution in [1.29, 1.82) is 0 Å². The lowest BCUT2D eigenvalue weighted by molar-refractivity contribution is -0.138. The van der Waals surface area contributed by atoms with E-state index in [1.165, 1.54) is 0 Å². The standard InChI is InChI=1S/C13H14N2O4/c1-2-13(9-5-3-8(7-16)4-6-9)10(17)14-12(19)15-11(13)18/h3-6,16H,2,7H2,1H3,(H2,14,15,17,18,19). The summed E-state index contributed by atoms with van der Waals surface area (Å²) >= 11 is 0. The van der Waals surface area contributed by atoms with Gasteiger partial charge in [-0.25, -0.2) is 4.79 Å². The summed E-state index contributed by atoms with van der Waals surface area (Å²) in [5, 5.41) is 13.2. The molecule has 6 heteroatoms. The van der Waals surface area contributed by atoms with E-state index in [0.29, 0.717) is 11.1 Å². The van der Waals surface area contributed by atoms with Crippen molar-refractivity contribution in [3.8, 4) is 0 Å². The third kappa shape index (κ3) is 2.00. The predicted octanol–water partition coefficient (Wildman–Crippen LogP) is 0.193. The van der Waals surface area contributed by atoms with Gasteiger partial charge in [-0.1, -0.05) is 31.2 Å². The molecular weight excluding hydrogens is 248 g/mol. The maximum Gasteiger partial charge on any atom is 0.328 e. The topological polar surface area (TPSA) is 95.5 Å². The van der Waals surface area contributed by atoms with Crippen LogP contribution in [-0.2, 0) is 21.6 Å². The number of carbonyl (C=O) groups is 3. The molecule has 0 aliphatic carbocycles. The highest BCUT2D eigenvalue weighted by atomic mass is 16.3. The van der Waals surface area contributed by atoms with E-state index in [1.807, 2.05) is 0 Å². The van der Waals surface area contributed by atoms with E-state index < -0.39 is 23.3 Å². The molecule has 1 saturated heterocycles. The van der Waals surface area contributed by atoms with Gasteiger partial charge in [0.15, 0.2) is 5.41 Å². The first-order valence-electron chi connectivity index (χ1n) is 5.91. The van der Waals surface area contributed by atoms with Crippen LogP contribution in [-0.4, -0.2) is 23.0 Å². The molecule has 0 radical (unpaired) electrons. The fraction of sp³-hybridized carbons (Fsp3) is 0.308. The number of amides is 4. The summed E-state index contributed by atoms with van der Waals surface area (Å²) < 4.78 is 0. The van der Waals surface area contributed by atoms with Gasteiger partial charge in [-0.2, -0.15) is 0 Å². The van der Waals surface area contributed by atoms with Gasteiger partial charge < -0.3 is 5.11 Å². The van der Waals surface area contributed by atoms with Crippen LogP contribution >= 0.6 is 0 Å². The summed E-state index contributed by atoms with van der Waals surface area (Å²) in [7, 11) is 0. The van der Waals surface area contributed by atoms with Crippen molar-refractivity contribution < 1.29 is 19.5 Å². The minimum atomic E-state index is -1.40. The van der Waals surface area contributed by atoms with Crippen LogP contribution in [0.3, 0.4) is 0 Å². The molecule has 0 saturated carbocycles. The molecule has 4 amide bonds. The molecule has 1 aliphatic heterocycles. The Morgan fingerprint density at radius 2 is 1.58 bits per heavy atom. The SMILES string of the molecule is CCC1(c2ccc(CO)cc2)C(=O)NC(=O)NC1=O. The Balaban J connectivity index is 2.48. The minimum absolute atomic E-state index is 0.115. The summed E-state index contributed by atoms with van der Waals surface area (Å²) in [5.74, 6) is -1.25. The monoisotopic (exact) mass is 262 g/mol. The van der Waals surface area contributed by atoms with Crippen LogP contribution in [0.4, 0.5) is 4.79 Å². The molecule has 0 bridgehead atoms. The van der Waals surface area contributed by atoms with Gasteiger partial charge in [-0.05, 0) is 17.5 Å². The van der Waals surface area contributed by atoms with Gasteiger partial charge in [0.2, 0.25) is 11.8 Å². The maximum absolute atomic E-state index is 12.1. The first kappa shape index (κ1) is 13.2. The van der Waals surface area contributed by atoms with Gasteiger partial charge in [-0.15, -0.1) is 0 Å². The number of rotatable bonds is 3. The van der Waals surface area contributed by atoms with Crippen LogP contribution in [0, 0.1) is 0 Å². The van der Waals surface area contributed by atoms with Crippen LogP contribution in [0.2, 0.25) is 0 Å². The highest BCUT2D eigenvalue weighted by Gasteiger charge is 2.50. The molecule has 0 spiro atoms. The largest absolute Gasteiger partial charge is 0.392 e. The number of aliphatic hydroxyl groups excluding tert-OH is 1. The van der Waals surface area contributed by atoms with E-state index in [1.54, 1.807) is 31.2 Å². The number of nitrogens with one attached hydrogen (secondary N) is 2. The van der Waals surface area contributed by atoms with Gasteiger partial charge in [-0.3, -0.25) is 20.2 Å². The second kappa shape index (κ2) is 4.81. The molecule has 0 unspecified atom stereocenters. The van der Waals surface area contributed by atoms with E-state index in [4.69, 9.17) is 5.11 Å².